The Morgan fingerprint density at radius 3 is 2.69 bits per heavy atom. The summed E-state index contributed by atoms with van der Waals surface area (Å²) in [5.74, 6) is -0.0611. The Bertz CT molecular complexity index is 342. The molecule has 0 spiro atoms. The molecule has 1 N–H and O–H groups in total. The van der Waals surface area contributed by atoms with Crippen molar-refractivity contribution in [3.8, 4) is 0 Å². The maximum atomic E-state index is 11.6. The fourth-order valence-corrected chi connectivity index (χ4v) is 1.75. The van der Waals surface area contributed by atoms with E-state index in [2.05, 4.69) is 4.99 Å². The third kappa shape index (κ3) is 2.62. The molecule has 0 saturated carbocycles. The van der Waals surface area contributed by atoms with Crippen LogP contribution in [0, 0.1) is 5.92 Å². The van der Waals surface area contributed by atoms with Gasteiger partial charge in [0.1, 0.15) is 11.3 Å². The molecule has 1 aliphatic heterocycles. The molecule has 0 amide bonds. The van der Waals surface area contributed by atoms with Crippen molar-refractivity contribution in [2.24, 2.45) is 10.9 Å². The summed E-state index contributed by atoms with van der Waals surface area (Å²) < 4.78 is 5.12. The highest BCUT2D eigenvalue weighted by molar-refractivity contribution is 6.20. The summed E-state index contributed by atoms with van der Waals surface area (Å²) in [4.78, 5) is 15.7. The smallest absolute Gasteiger partial charge is 0.344 e. The SMILES string of the molecule is CCN=C(C)C1=C(O)C(CC(C)C)OC1=O. The number of aliphatic imine (C=N–C) groups is 1. The van der Waals surface area contributed by atoms with E-state index in [0.717, 1.165) is 0 Å². The summed E-state index contributed by atoms with van der Waals surface area (Å²) in [5.41, 5.74) is 0.795. The molecule has 0 aromatic heterocycles. The van der Waals surface area contributed by atoms with Gasteiger partial charge in [-0.3, -0.25) is 4.99 Å². The van der Waals surface area contributed by atoms with E-state index < -0.39 is 12.1 Å². The molecule has 0 radical (unpaired) electrons. The number of carbonyl (C=O) groups is 1. The second kappa shape index (κ2) is 5.14. The van der Waals surface area contributed by atoms with Crippen molar-refractivity contribution in [3.63, 3.8) is 0 Å². The number of esters is 1. The van der Waals surface area contributed by atoms with Gasteiger partial charge in [0, 0.05) is 12.3 Å². The number of rotatable bonds is 4. The van der Waals surface area contributed by atoms with Crippen LogP contribution in [0.4, 0.5) is 0 Å². The molecule has 1 unspecified atom stereocenters. The second-order valence-corrected chi connectivity index (χ2v) is 4.34. The van der Waals surface area contributed by atoms with E-state index in [9.17, 15) is 9.90 Å². The first-order valence-electron chi connectivity index (χ1n) is 5.62. The van der Waals surface area contributed by atoms with Gasteiger partial charge < -0.3 is 9.84 Å². The van der Waals surface area contributed by atoms with Crippen molar-refractivity contribution in [1.82, 2.24) is 0 Å². The zero-order chi connectivity index (χ0) is 12.3. The number of hydrogen-bond acceptors (Lipinski definition) is 4. The third-order valence-electron chi connectivity index (χ3n) is 2.46. The van der Waals surface area contributed by atoms with Crippen LogP contribution in [0.2, 0.25) is 0 Å². The maximum absolute atomic E-state index is 11.6. The van der Waals surface area contributed by atoms with Crippen LogP contribution < -0.4 is 0 Å². The minimum atomic E-state index is -0.496. The Balaban J connectivity index is 2.93. The summed E-state index contributed by atoms with van der Waals surface area (Å²) in [6.45, 7) is 8.23. The van der Waals surface area contributed by atoms with Gasteiger partial charge >= 0.3 is 5.97 Å². The summed E-state index contributed by atoms with van der Waals surface area (Å²) in [7, 11) is 0. The topological polar surface area (TPSA) is 58.9 Å². The van der Waals surface area contributed by atoms with Gasteiger partial charge in [0.25, 0.3) is 0 Å². The van der Waals surface area contributed by atoms with Gasteiger partial charge in [0.15, 0.2) is 6.10 Å². The van der Waals surface area contributed by atoms with Crippen LogP contribution in [-0.4, -0.2) is 29.4 Å². The van der Waals surface area contributed by atoms with E-state index in [-0.39, 0.29) is 11.3 Å². The number of ether oxygens (including phenoxy) is 1. The number of aliphatic hydroxyl groups is 1. The molecule has 90 valence electrons. The lowest BCUT2D eigenvalue weighted by Crippen LogP contribution is -2.14. The number of nitrogens with zero attached hydrogens (tertiary/aromatic N) is 1. The fourth-order valence-electron chi connectivity index (χ4n) is 1.75. The van der Waals surface area contributed by atoms with Crippen LogP contribution in [-0.2, 0) is 9.53 Å². The van der Waals surface area contributed by atoms with Crippen LogP contribution in [0.3, 0.4) is 0 Å². The number of hydrogen-bond donors (Lipinski definition) is 1. The zero-order valence-corrected chi connectivity index (χ0v) is 10.3. The van der Waals surface area contributed by atoms with E-state index in [1.54, 1.807) is 6.92 Å². The largest absolute Gasteiger partial charge is 0.507 e. The standard InChI is InChI=1S/C12H19NO3/c1-5-13-8(4)10-11(14)9(6-7(2)3)16-12(10)15/h7,9,14H,5-6H2,1-4H3. The highest BCUT2D eigenvalue weighted by atomic mass is 16.6. The molecular weight excluding hydrogens is 206 g/mol. The quantitative estimate of drug-likeness (QED) is 0.589. The van der Waals surface area contributed by atoms with Crippen LogP contribution >= 0.6 is 0 Å². The van der Waals surface area contributed by atoms with Gasteiger partial charge in [-0.25, -0.2) is 4.79 Å². The minimum Gasteiger partial charge on any atom is -0.507 e. The van der Waals surface area contributed by atoms with Crippen molar-refractivity contribution in [3.05, 3.63) is 11.3 Å². The minimum absolute atomic E-state index is 0.0356. The number of aliphatic hydroxyl groups excluding tert-OH is 1. The van der Waals surface area contributed by atoms with Gasteiger partial charge in [-0.15, -0.1) is 0 Å². The lowest BCUT2D eigenvalue weighted by molar-refractivity contribution is -0.140. The first kappa shape index (κ1) is 12.7. The van der Waals surface area contributed by atoms with Crippen molar-refractivity contribution in [2.75, 3.05) is 6.54 Å². The molecule has 4 heteroatoms. The molecule has 0 aliphatic carbocycles. The highest BCUT2D eigenvalue weighted by Crippen LogP contribution is 2.26. The van der Waals surface area contributed by atoms with Crippen LogP contribution in [0.15, 0.2) is 16.3 Å². The molecule has 4 nitrogen and oxygen atoms in total. The Morgan fingerprint density at radius 1 is 1.56 bits per heavy atom. The molecule has 16 heavy (non-hydrogen) atoms. The Labute approximate surface area is 96.0 Å². The van der Waals surface area contributed by atoms with Crippen molar-refractivity contribution in [2.45, 2.75) is 40.2 Å². The molecule has 0 aromatic carbocycles. The second-order valence-electron chi connectivity index (χ2n) is 4.34. The van der Waals surface area contributed by atoms with Crippen molar-refractivity contribution >= 4 is 11.7 Å². The lowest BCUT2D eigenvalue weighted by Gasteiger charge is -2.11. The average Bonchev–Trinajstić information content (AvgIpc) is 2.41. The first-order valence-corrected chi connectivity index (χ1v) is 5.62. The Morgan fingerprint density at radius 2 is 2.19 bits per heavy atom. The number of cyclic esters (lactones) is 1. The normalized spacial score (nSPS) is 21.9. The van der Waals surface area contributed by atoms with E-state index in [4.69, 9.17) is 4.74 Å². The van der Waals surface area contributed by atoms with Gasteiger partial charge in [-0.1, -0.05) is 13.8 Å². The summed E-state index contributed by atoms with van der Waals surface area (Å²) in [6.07, 6.45) is 0.144. The van der Waals surface area contributed by atoms with E-state index >= 15 is 0 Å². The third-order valence-corrected chi connectivity index (χ3v) is 2.46. The molecule has 0 aromatic rings. The molecule has 0 bridgehead atoms. The fraction of sp³-hybridized carbons (Fsp3) is 0.667. The molecule has 1 aliphatic rings. The predicted octanol–water partition coefficient (Wildman–Crippen LogP) is 2.25. The Kier molecular flexibility index (Phi) is 4.10. The van der Waals surface area contributed by atoms with Gasteiger partial charge in [-0.05, 0) is 26.2 Å². The zero-order valence-electron chi connectivity index (χ0n) is 10.3. The van der Waals surface area contributed by atoms with Crippen molar-refractivity contribution in [1.29, 1.82) is 0 Å². The summed E-state index contributed by atoms with van der Waals surface area (Å²) in [5, 5.41) is 9.92. The van der Waals surface area contributed by atoms with Crippen LogP contribution in [0.1, 0.15) is 34.1 Å². The molecule has 1 heterocycles. The molecule has 0 saturated heterocycles. The number of carbonyl (C=O) groups excluding carboxylic acids is 1. The van der Waals surface area contributed by atoms with Crippen LogP contribution in [0.5, 0.6) is 0 Å². The lowest BCUT2D eigenvalue weighted by atomic mass is 10.0. The maximum Gasteiger partial charge on any atom is 0.344 e. The Hall–Kier alpha value is -1.32. The van der Waals surface area contributed by atoms with Gasteiger partial charge in [0.05, 0.1) is 0 Å². The highest BCUT2D eigenvalue weighted by Gasteiger charge is 2.35. The predicted molar refractivity (Wildman–Crippen MR) is 62.6 cm³/mol. The van der Waals surface area contributed by atoms with E-state index in [0.29, 0.717) is 24.6 Å². The average molecular weight is 225 g/mol. The van der Waals surface area contributed by atoms with E-state index in [1.165, 1.54) is 0 Å². The van der Waals surface area contributed by atoms with Crippen LogP contribution in [0.25, 0.3) is 0 Å². The van der Waals surface area contributed by atoms with Gasteiger partial charge in [0.2, 0.25) is 0 Å². The van der Waals surface area contributed by atoms with Gasteiger partial charge in [-0.2, -0.15) is 0 Å². The monoisotopic (exact) mass is 225 g/mol. The molecule has 1 rings (SSSR count). The summed E-state index contributed by atoms with van der Waals surface area (Å²) in [6, 6.07) is 0. The summed E-state index contributed by atoms with van der Waals surface area (Å²) >= 11 is 0. The molecular formula is C12H19NO3. The first-order chi connectivity index (χ1) is 7.47. The molecule has 0 fully saturated rings. The van der Waals surface area contributed by atoms with E-state index in [1.807, 2.05) is 20.8 Å². The van der Waals surface area contributed by atoms with Crippen molar-refractivity contribution < 1.29 is 14.6 Å². The molecule has 1 atom stereocenters.